The predicted octanol–water partition coefficient (Wildman–Crippen LogP) is 9.34. The van der Waals surface area contributed by atoms with Gasteiger partial charge in [0.25, 0.3) is 0 Å². The average Bonchev–Trinajstić information content (AvgIpc) is 3.35. The zero-order valence-electron chi connectivity index (χ0n) is 24.0. The number of aliphatic imine (C=N–C) groups is 2. The third kappa shape index (κ3) is 8.81. The first-order chi connectivity index (χ1) is 21.7. The van der Waals surface area contributed by atoms with Gasteiger partial charge in [-0.05, 0) is 111 Å². The lowest BCUT2D eigenvalue weighted by molar-refractivity contribution is 0.682. The molecule has 0 aromatic heterocycles. The van der Waals surface area contributed by atoms with Crippen LogP contribution in [0.15, 0.2) is 123 Å². The summed E-state index contributed by atoms with van der Waals surface area (Å²) < 4.78 is 16.0. The number of nitrogens with two attached hydrogens (primary N) is 2. The van der Waals surface area contributed by atoms with Crippen LogP contribution in [-0.2, 0) is 10.8 Å². The van der Waals surface area contributed by atoms with Crippen LogP contribution in [-0.4, -0.2) is 40.7 Å². The van der Waals surface area contributed by atoms with Crippen LogP contribution in [0.1, 0.15) is 12.8 Å². The molecule has 0 fully saturated rings. The molecule has 4 aromatic carbocycles. The maximum absolute atomic E-state index is 12.3. The van der Waals surface area contributed by atoms with Crippen LogP contribution in [0.25, 0.3) is 0 Å². The van der Waals surface area contributed by atoms with E-state index in [0.717, 1.165) is 70.7 Å². The molecule has 1 unspecified atom stereocenters. The summed E-state index contributed by atoms with van der Waals surface area (Å²) in [7, 11) is -0.993. The molecule has 0 radical (unpaired) electrons. The number of para-hydroxylation sites is 2. The van der Waals surface area contributed by atoms with Gasteiger partial charge in [-0.1, -0.05) is 56.1 Å². The molecule has 2 heterocycles. The number of fused-ring (bicyclic) bond motifs is 2. The summed E-state index contributed by atoms with van der Waals surface area (Å²) in [6.07, 6.45) is 1.88. The summed E-state index contributed by atoms with van der Waals surface area (Å²) in [5, 5.41) is 0. The van der Waals surface area contributed by atoms with Gasteiger partial charge in [-0.25, -0.2) is 9.98 Å². The fraction of sp³-hybridized carbons (Fsp3) is 0.188. The second-order valence-electron chi connectivity index (χ2n) is 9.98. The number of hydrogen-bond acceptors (Lipinski definition) is 4. The number of nitrogens with zero attached hydrogens (tertiary/aromatic N) is 4. The van der Waals surface area contributed by atoms with Crippen LogP contribution in [0.3, 0.4) is 0 Å². The molecule has 4 N–H and O–H groups in total. The van der Waals surface area contributed by atoms with Gasteiger partial charge < -0.3 is 21.3 Å². The van der Waals surface area contributed by atoms with E-state index in [2.05, 4.69) is 96.8 Å². The molecular weight excluding hydrogens is 868 g/mol. The molecule has 4 aromatic rings. The second-order valence-corrected chi connectivity index (χ2v) is 16.2. The van der Waals surface area contributed by atoms with Gasteiger partial charge in [-0.2, -0.15) is 0 Å². The molecule has 0 spiro atoms. The molecule has 7 nitrogen and oxygen atoms in total. The van der Waals surface area contributed by atoms with Crippen LogP contribution >= 0.6 is 75.5 Å². The van der Waals surface area contributed by atoms with Crippen LogP contribution in [0.4, 0.5) is 22.7 Å². The van der Waals surface area contributed by atoms with Crippen LogP contribution in [0.2, 0.25) is 0 Å². The zero-order chi connectivity index (χ0) is 31.9. The second kappa shape index (κ2) is 16.1. The summed E-state index contributed by atoms with van der Waals surface area (Å²) in [6, 6.07) is 27.7. The summed E-state index contributed by atoms with van der Waals surface area (Å²) in [5.74, 6) is 2.66. The van der Waals surface area contributed by atoms with Crippen molar-refractivity contribution in [2.24, 2.45) is 21.5 Å². The largest absolute Gasteiger partial charge is 0.369 e. The molecule has 13 heteroatoms. The van der Waals surface area contributed by atoms with E-state index in [-0.39, 0.29) is 0 Å². The number of benzene rings is 4. The molecule has 6 rings (SSSR count). The number of guanidine groups is 2. The first-order valence-electron chi connectivity index (χ1n) is 14.0. The zero-order valence-corrected chi connectivity index (χ0v) is 32.0. The van der Waals surface area contributed by atoms with E-state index in [0.29, 0.717) is 24.2 Å². The van der Waals surface area contributed by atoms with Crippen LogP contribution in [0.5, 0.6) is 0 Å². The Bertz CT molecular complexity index is 1770. The lowest BCUT2D eigenvalue weighted by Crippen LogP contribution is -2.38. The number of rotatable bonds is 2. The fourth-order valence-corrected chi connectivity index (χ4v) is 8.39. The summed E-state index contributed by atoms with van der Waals surface area (Å²) in [6.45, 7) is 1.58. The van der Waals surface area contributed by atoms with Crippen molar-refractivity contribution in [1.82, 2.24) is 0 Å². The molecule has 0 saturated carbocycles. The Morgan fingerprint density at radius 3 is 1.89 bits per heavy atom. The first-order valence-corrected chi connectivity index (χ1v) is 19.5. The quantitative estimate of drug-likeness (QED) is 0.154. The monoisotopic (exact) mass is 894 g/mol. The molecule has 45 heavy (non-hydrogen) atoms. The Balaban J connectivity index is 0.000000178. The van der Waals surface area contributed by atoms with Gasteiger partial charge in [-0.15, -0.1) is 11.8 Å². The molecule has 1 atom stereocenters. The van der Waals surface area contributed by atoms with Crippen molar-refractivity contribution in [1.29, 1.82) is 0 Å². The smallest absolute Gasteiger partial charge is 0.201 e. The SMILES string of the molecule is NC(=Nc1cc(Br)ccc1Br)N1CCCS(=O)c2ccccc21.NC(=Nc1cc(Br)ccc1Br)N1CCCSc2ccccc21. The van der Waals surface area contributed by atoms with Gasteiger partial charge in [0.1, 0.15) is 0 Å². The molecule has 0 aliphatic carbocycles. The fourth-order valence-electron chi connectivity index (χ4n) is 4.77. The van der Waals surface area contributed by atoms with Crippen molar-refractivity contribution in [3.05, 3.63) is 103 Å². The van der Waals surface area contributed by atoms with Crippen molar-refractivity contribution in [3.8, 4) is 0 Å². The maximum Gasteiger partial charge on any atom is 0.201 e. The Kier molecular flexibility index (Phi) is 12.2. The first kappa shape index (κ1) is 34.2. The molecule has 234 valence electrons. The number of hydrogen-bond donors (Lipinski definition) is 2. The van der Waals surface area contributed by atoms with E-state index in [4.69, 9.17) is 11.5 Å². The van der Waals surface area contributed by atoms with Crippen molar-refractivity contribution < 1.29 is 4.21 Å². The third-order valence-electron chi connectivity index (χ3n) is 6.89. The highest BCUT2D eigenvalue weighted by Crippen LogP contribution is 2.35. The minimum atomic E-state index is -0.993. The molecular formula is C32H30Br4N6OS2. The Labute approximate surface area is 303 Å². The molecule has 2 aliphatic rings. The van der Waals surface area contributed by atoms with Gasteiger partial charge in [0.15, 0.2) is 0 Å². The topological polar surface area (TPSA) is 100 Å². The maximum atomic E-state index is 12.3. The standard InChI is InChI=1S/C16H15Br2N3OS.C16H15Br2N3S/c17-11-6-7-12(18)13(10-11)20-16(19)21-8-3-9-23(22)15-5-2-1-4-14(15)21;17-11-6-7-12(18)13(10-11)20-16(19)21-8-3-9-22-15-5-2-1-4-14(15)21/h1-2,4-7,10H,3,8-9H2,(H2,19,20);1-2,4-7,10H,3,8-9H2,(H2,19,20). The minimum Gasteiger partial charge on any atom is -0.369 e. The highest BCUT2D eigenvalue weighted by Gasteiger charge is 2.22. The average molecular weight is 898 g/mol. The van der Waals surface area contributed by atoms with Gasteiger partial charge in [0.05, 0.1) is 38.4 Å². The van der Waals surface area contributed by atoms with Crippen molar-refractivity contribution >= 4 is 121 Å². The lowest BCUT2D eigenvalue weighted by atomic mass is 10.3. The molecule has 0 saturated heterocycles. The number of anilines is 2. The molecule has 0 bridgehead atoms. The van der Waals surface area contributed by atoms with Gasteiger partial charge in [0, 0.05) is 41.6 Å². The Morgan fingerprint density at radius 1 is 0.711 bits per heavy atom. The van der Waals surface area contributed by atoms with E-state index >= 15 is 0 Å². The van der Waals surface area contributed by atoms with E-state index in [1.165, 1.54) is 4.90 Å². The Hall–Kier alpha value is -2.16. The predicted molar refractivity (Wildman–Crippen MR) is 205 cm³/mol. The highest BCUT2D eigenvalue weighted by atomic mass is 79.9. The van der Waals surface area contributed by atoms with Gasteiger partial charge in [-0.3, -0.25) is 4.21 Å². The van der Waals surface area contributed by atoms with Gasteiger partial charge >= 0.3 is 0 Å². The van der Waals surface area contributed by atoms with E-state index < -0.39 is 10.8 Å². The van der Waals surface area contributed by atoms with Crippen LogP contribution < -0.4 is 21.3 Å². The number of halogens is 4. The molecule has 2 aliphatic heterocycles. The lowest BCUT2D eigenvalue weighted by Gasteiger charge is -2.23. The van der Waals surface area contributed by atoms with Crippen molar-refractivity contribution in [3.63, 3.8) is 0 Å². The van der Waals surface area contributed by atoms with E-state index in [1.807, 2.05) is 83.4 Å². The van der Waals surface area contributed by atoms with E-state index in [9.17, 15) is 4.21 Å². The highest BCUT2D eigenvalue weighted by molar-refractivity contribution is 9.11. The summed E-state index contributed by atoms with van der Waals surface area (Å²) >= 11 is 15.8. The summed E-state index contributed by atoms with van der Waals surface area (Å²) in [4.78, 5) is 15.3. The summed E-state index contributed by atoms with van der Waals surface area (Å²) in [5.41, 5.74) is 16.2. The number of thioether (sulfide) groups is 1. The van der Waals surface area contributed by atoms with Crippen molar-refractivity contribution in [2.45, 2.75) is 22.6 Å². The Morgan fingerprint density at radius 2 is 1.24 bits per heavy atom. The normalized spacial score (nSPS) is 16.9. The third-order valence-corrected chi connectivity index (χ3v) is 11.9. The van der Waals surface area contributed by atoms with Crippen molar-refractivity contribution in [2.75, 3.05) is 34.4 Å². The van der Waals surface area contributed by atoms with Gasteiger partial charge in [0.2, 0.25) is 11.9 Å². The minimum absolute atomic E-state index is 0.398. The van der Waals surface area contributed by atoms with E-state index in [1.54, 1.807) is 0 Å². The van der Waals surface area contributed by atoms with Crippen LogP contribution in [0, 0.1) is 0 Å². The molecule has 0 amide bonds.